The Morgan fingerprint density at radius 3 is 2.86 bits per heavy atom. The number of H-pyrrole nitrogens is 1. The monoisotopic (exact) mass is 500 g/mol. The number of aliphatic hydroxyl groups excluding tert-OH is 1. The van der Waals surface area contributed by atoms with E-state index in [2.05, 4.69) is 22.4 Å². The summed E-state index contributed by atoms with van der Waals surface area (Å²) in [5, 5.41) is 15.1. The third-order valence-corrected chi connectivity index (χ3v) is 8.45. The first-order valence-electron chi connectivity index (χ1n) is 12.0. The molecule has 10 heteroatoms. The number of aliphatic hydroxyl groups is 1. The van der Waals surface area contributed by atoms with Crippen LogP contribution in [-0.4, -0.2) is 63.3 Å². The lowest BCUT2D eigenvalue weighted by atomic mass is 9.96. The van der Waals surface area contributed by atoms with Crippen LogP contribution in [0, 0.1) is 0 Å². The van der Waals surface area contributed by atoms with Crippen LogP contribution in [0.1, 0.15) is 35.8 Å². The van der Waals surface area contributed by atoms with E-state index >= 15 is 0 Å². The summed E-state index contributed by atoms with van der Waals surface area (Å²) in [7, 11) is -0.725. The third-order valence-electron chi connectivity index (χ3n) is 6.67. The lowest BCUT2D eigenvalue weighted by molar-refractivity contribution is 0.172. The second kappa shape index (κ2) is 9.69. The van der Waals surface area contributed by atoms with Gasteiger partial charge in [-0.2, -0.15) is 12.7 Å². The molecule has 0 fully saturated rings. The summed E-state index contributed by atoms with van der Waals surface area (Å²) in [5.41, 5.74) is 4.99. The Hall–Kier alpha value is -2.79. The van der Waals surface area contributed by atoms with Crippen LogP contribution in [0.2, 0.25) is 0 Å². The maximum Gasteiger partial charge on any atom is 0.306 e. The zero-order chi connectivity index (χ0) is 24.6. The van der Waals surface area contributed by atoms with E-state index < -0.39 is 16.3 Å². The zero-order valence-electron chi connectivity index (χ0n) is 20.1. The summed E-state index contributed by atoms with van der Waals surface area (Å²) in [5.74, 6) is 1.30. The molecule has 1 atom stereocenters. The quantitative estimate of drug-likeness (QED) is 0.390. The topological polar surface area (TPSA) is 107 Å². The highest BCUT2D eigenvalue weighted by molar-refractivity contribution is 7.90. The number of aromatic amines is 1. The van der Waals surface area contributed by atoms with Crippen molar-refractivity contribution in [1.29, 1.82) is 0 Å². The van der Waals surface area contributed by atoms with E-state index in [1.54, 1.807) is 18.2 Å². The van der Waals surface area contributed by atoms with Crippen molar-refractivity contribution in [3.63, 3.8) is 0 Å². The largest absolute Gasteiger partial charge is 0.492 e. The minimum atomic E-state index is -3.67. The van der Waals surface area contributed by atoms with Crippen molar-refractivity contribution in [2.24, 2.45) is 0 Å². The molecule has 3 N–H and O–H groups in total. The molecule has 0 radical (unpaired) electrons. The number of hydrogen-bond acceptors (Lipinski definition) is 6. The van der Waals surface area contributed by atoms with Gasteiger partial charge in [-0.15, -0.1) is 0 Å². The van der Waals surface area contributed by atoms with Crippen molar-refractivity contribution in [3.8, 4) is 11.5 Å². The van der Waals surface area contributed by atoms with Gasteiger partial charge >= 0.3 is 10.2 Å². The molecule has 0 saturated heterocycles. The molecule has 188 valence electrons. The van der Waals surface area contributed by atoms with Crippen LogP contribution >= 0.6 is 0 Å². The molecular formula is C25H32N4O5S. The first kappa shape index (κ1) is 23.9. The van der Waals surface area contributed by atoms with Gasteiger partial charge < -0.3 is 24.9 Å². The van der Waals surface area contributed by atoms with Crippen molar-refractivity contribution in [3.05, 3.63) is 53.2 Å². The van der Waals surface area contributed by atoms with Crippen molar-refractivity contribution < 1.29 is 23.0 Å². The fourth-order valence-corrected chi connectivity index (χ4v) is 5.70. The maximum absolute atomic E-state index is 12.5. The van der Waals surface area contributed by atoms with Crippen LogP contribution in [0.3, 0.4) is 0 Å². The number of hydrogen-bond donors (Lipinski definition) is 3. The van der Waals surface area contributed by atoms with Crippen LogP contribution in [0.15, 0.2) is 36.4 Å². The van der Waals surface area contributed by atoms with E-state index in [1.807, 2.05) is 6.07 Å². The molecule has 0 amide bonds. The van der Waals surface area contributed by atoms with Gasteiger partial charge in [-0.25, -0.2) is 4.31 Å². The van der Waals surface area contributed by atoms with Gasteiger partial charge in [0.1, 0.15) is 18.1 Å². The molecule has 35 heavy (non-hydrogen) atoms. The molecule has 0 saturated carbocycles. The second-order valence-electron chi connectivity index (χ2n) is 9.20. The summed E-state index contributed by atoms with van der Waals surface area (Å²) >= 11 is 0. The zero-order valence-corrected chi connectivity index (χ0v) is 20.9. The number of aryl methyl sites for hydroxylation is 2. The van der Waals surface area contributed by atoms with Crippen molar-refractivity contribution in [1.82, 2.24) is 14.6 Å². The Morgan fingerprint density at radius 1 is 1.20 bits per heavy atom. The smallest absolute Gasteiger partial charge is 0.306 e. The predicted molar refractivity (Wildman–Crippen MR) is 135 cm³/mol. The standard InChI is InChI=1S/C25H32N4O5S/c1-28(2)35(31,32)29-16-34-25-10-7-17(13-23(25)29)24(30)15-26-11-12-33-18-8-9-20-19-5-3-4-6-21(19)27-22(20)14-18/h7-10,13-14,24,26-27,30H,3-6,11-12,15-16H2,1-2H3/t24-/m0/s1. The predicted octanol–water partition coefficient (Wildman–Crippen LogP) is 2.71. The Balaban J connectivity index is 1.14. The number of ether oxygens (including phenoxy) is 2. The van der Waals surface area contributed by atoms with E-state index in [0.29, 0.717) is 36.7 Å². The van der Waals surface area contributed by atoms with Gasteiger partial charge in [0.05, 0.1) is 11.8 Å². The second-order valence-corrected chi connectivity index (χ2v) is 11.3. The highest BCUT2D eigenvalue weighted by atomic mass is 32.2. The molecule has 0 spiro atoms. The molecule has 1 aliphatic carbocycles. The van der Waals surface area contributed by atoms with E-state index in [9.17, 15) is 13.5 Å². The van der Waals surface area contributed by atoms with Crippen molar-refractivity contribution in [2.75, 3.05) is 44.8 Å². The molecular weight excluding hydrogens is 468 g/mol. The molecule has 2 aliphatic rings. The van der Waals surface area contributed by atoms with Crippen molar-refractivity contribution >= 4 is 26.8 Å². The molecule has 0 unspecified atom stereocenters. The first-order chi connectivity index (χ1) is 16.8. The lowest BCUT2D eigenvalue weighted by Gasteiger charge is -2.22. The van der Waals surface area contributed by atoms with Gasteiger partial charge in [0, 0.05) is 49.8 Å². The van der Waals surface area contributed by atoms with Crippen LogP contribution in [0.25, 0.3) is 10.9 Å². The SMILES string of the molecule is CN(C)S(=O)(=O)N1COc2ccc([C@@H](O)CNCCOc3ccc4c5c([nH]c4c3)CCCC5)cc21. The minimum absolute atomic E-state index is 0.0815. The highest BCUT2D eigenvalue weighted by Crippen LogP contribution is 2.38. The average Bonchev–Trinajstić information content (AvgIpc) is 3.44. The lowest BCUT2D eigenvalue weighted by Crippen LogP contribution is -2.39. The van der Waals surface area contributed by atoms with Gasteiger partial charge in [-0.3, -0.25) is 0 Å². The fraction of sp³-hybridized carbons (Fsp3) is 0.440. The summed E-state index contributed by atoms with van der Waals surface area (Å²) in [4.78, 5) is 3.55. The number of nitrogens with one attached hydrogen (secondary N) is 2. The molecule has 5 rings (SSSR count). The fourth-order valence-electron chi connectivity index (χ4n) is 4.72. The molecule has 0 bridgehead atoms. The number of aromatic nitrogens is 1. The van der Waals surface area contributed by atoms with Gasteiger partial charge in [0.25, 0.3) is 0 Å². The number of rotatable bonds is 9. The highest BCUT2D eigenvalue weighted by Gasteiger charge is 2.33. The van der Waals surface area contributed by atoms with Gasteiger partial charge in [-0.1, -0.05) is 6.07 Å². The summed E-state index contributed by atoms with van der Waals surface area (Å²) in [6, 6.07) is 11.3. The van der Waals surface area contributed by atoms with E-state index in [1.165, 1.54) is 47.9 Å². The minimum Gasteiger partial charge on any atom is -0.492 e. The summed E-state index contributed by atoms with van der Waals surface area (Å²) in [6.07, 6.45) is 3.96. The molecule has 1 aliphatic heterocycles. The number of benzene rings is 2. The summed E-state index contributed by atoms with van der Waals surface area (Å²) in [6.45, 7) is 1.25. The van der Waals surface area contributed by atoms with Crippen LogP contribution < -0.4 is 19.1 Å². The maximum atomic E-state index is 12.5. The Bertz CT molecular complexity index is 1320. The van der Waals surface area contributed by atoms with Gasteiger partial charge in [0.2, 0.25) is 0 Å². The van der Waals surface area contributed by atoms with Crippen molar-refractivity contribution in [2.45, 2.75) is 31.8 Å². The molecule has 3 aromatic rings. The summed E-state index contributed by atoms with van der Waals surface area (Å²) < 4.78 is 38.8. The Kier molecular flexibility index (Phi) is 6.63. The third kappa shape index (κ3) is 4.71. The molecule has 2 aromatic carbocycles. The van der Waals surface area contributed by atoms with E-state index in [4.69, 9.17) is 9.47 Å². The van der Waals surface area contributed by atoms with Crippen LogP contribution in [0.4, 0.5) is 5.69 Å². The molecule has 9 nitrogen and oxygen atoms in total. The molecule has 1 aromatic heterocycles. The molecule has 2 heterocycles. The average molecular weight is 501 g/mol. The number of anilines is 1. The van der Waals surface area contributed by atoms with E-state index in [-0.39, 0.29) is 6.73 Å². The number of nitrogens with zero attached hydrogens (tertiary/aromatic N) is 2. The van der Waals surface area contributed by atoms with Gasteiger partial charge in [-0.05, 0) is 61.1 Å². The number of fused-ring (bicyclic) bond motifs is 4. The normalized spacial score (nSPS) is 16.3. The van der Waals surface area contributed by atoms with Gasteiger partial charge in [0.15, 0.2) is 6.73 Å². The van der Waals surface area contributed by atoms with Crippen LogP contribution in [0.5, 0.6) is 11.5 Å². The van der Waals surface area contributed by atoms with E-state index in [0.717, 1.165) is 28.4 Å². The first-order valence-corrected chi connectivity index (χ1v) is 13.4. The Morgan fingerprint density at radius 2 is 2.03 bits per heavy atom. The Labute approximate surface area is 205 Å². The van der Waals surface area contributed by atoms with Crippen LogP contribution in [-0.2, 0) is 23.1 Å².